The highest BCUT2D eigenvalue weighted by molar-refractivity contribution is 9.10. The van der Waals surface area contributed by atoms with Crippen LogP contribution in [0.15, 0.2) is 112 Å². The number of hydrogen-bond acceptors (Lipinski definition) is 4. The zero-order valence-corrected chi connectivity index (χ0v) is 26.4. The van der Waals surface area contributed by atoms with Crippen LogP contribution in [-0.2, 0) is 32.6 Å². The zero-order valence-electron chi connectivity index (χ0n) is 23.2. The first-order chi connectivity index (χ1) is 20.1. The molecule has 0 bridgehead atoms. The standard InChI is InChI=1S/C32H31BrClN3O4S/c1-23-15-17-27(18-16-23)42(40,41)37(29-14-7-6-13-28(29)34)22-31(38)36(21-25-11-8-12-26(33)19-25)30(32(39)35-2)20-24-9-4-3-5-10-24/h3-19,30H,20-22H2,1-2H3,(H,35,39)/t30-/m0/s1. The van der Waals surface area contributed by atoms with Gasteiger partial charge in [0.25, 0.3) is 10.0 Å². The summed E-state index contributed by atoms with van der Waals surface area (Å²) in [6.45, 7) is 1.36. The Bertz CT molecular complexity index is 1650. The van der Waals surface area contributed by atoms with Crippen molar-refractivity contribution in [2.24, 2.45) is 0 Å². The number of hydrogen-bond donors (Lipinski definition) is 1. The number of para-hydroxylation sites is 1. The third-order valence-electron chi connectivity index (χ3n) is 6.77. The van der Waals surface area contributed by atoms with Gasteiger partial charge in [-0.3, -0.25) is 13.9 Å². The molecule has 4 rings (SSSR count). The fourth-order valence-corrected chi connectivity index (χ4v) is 6.72. The average molecular weight is 669 g/mol. The van der Waals surface area contributed by atoms with E-state index in [1.807, 2.05) is 61.5 Å². The molecule has 0 fully saturated rings. The van der Waals surface area contributed by atoms with Crippen molar-refractivity contribution in [3.05, 3.63) is 129 Å². The van der Waals surface area contributed by atoms with Crippen molar-refractivity contribution in [3.63, 3.8) is 0 Å². The lowest BCUT2D eigenvalue weighted by molar-refractivity contribution is -0.139. The molecule has 218 valence electrons. The number of halogens is 2. The Morgan fingerprint density at radius 1 is 0.881 bits per heavy atom. The Balaban J connectivity index is 1.80. The maximum absolute atomic E-state index is 14.3. The van der Waals surface area contributed by atoms with E-state index in [1.54, 1.807) is 36.4 Å². The van der Waals surface area contributed by atoms with E-state index in [4.69, 9.17) is 11.6 Å². The molecule has 0 aromatic heterocycles. The average Bonchev–Trinajstić information content (AvgIpc) is 2.98. The third kappa shape index (κ3) is 7.59. The maximum atomic E-state index is 14.3. The number of sulfonamides is 1. The fourth-order valence-electron chi connectivity index (χ4n) is 4.56. The minimum absolute atomic E-state index is 0.0199. The van der Waals surface area contributed by atoms with Crippen LogP contribution in [0.2, 0.25) is 5.02 Å². The minimum Gasteiger partial charge on any atom is -0.357 e. The van der Waals surface area contributed by atoms with Gasteiger partial charge in [-0.15, -0.1) is 0 Å². The molecule has 0 unspecified atom stereocenters. The Morgan fingerprint density at radius 3 is 2.17 bits per heavy atom. The van der Waals surface area contributed by atoms with Crippen LogP contribution < -0.4 is 9.62 Å². The highest BCUT2D eigenvalue weighted by Gasteiger charge is 2.35. The van der Waals surface area contributed by atoms with Gasteiger partial charge in [0.05, 0.1) is 15.6 Å². The molecule has 10 heteroatoms. The van der Waals surface area contributed by atoms with Gasteiger partial charge in [-0.2, -0.15) is 0 Å². The molecule has 0 aliphatic rings. The van der Waals surface area contributed by atoms with Gasteiger partial charge in [0.15, 0.2) is 0 Å². The molecular formula is C32H31BrClN3O4S. The second-order valence-electron chi connectivity index (χ2n) is 9.75. The van der Waals surface area contributed by atoms with E-state index in [-0.39, 0.29) is 34.5 Å². The van der Waals surface area contributed by atoms with Gasteiger partial charge < -0.3 is 10.2 Å². The molecule has 0 spiro atoms. The van der Waals surface area contributed by atoms with Gasteiger partial charge in [-0.05, 0) is 54.4 Å². The summed E-state index contributed by atoms with van der Waals surface area (Å²) in [4.78, 5) is 29.1. The highest BCUT2D eigenvalue weighted by atomic mass is 79.9. The number of anilines is 1. The molecule has 1 N–H and O–H groups in total. The lowest BCUT2D eigenvalue weighted by atomic mass is 10.0. The van der Waals surface area contributed by atoms with Crippen LogP contribution in [0.1, 0.15) is 16.7 Å². The first-order valence-corrected chi connectivity index (χ1v) is 15.8. The monoisotopic (exact) mass is 667 g/mol. The van der Waals surface area contributed by atoms with Gasteiger partial charge in [-0.25, -0.2) is 8.42 Å². The van der Waals surface area contributed by atoms with Crippen LogP contribution in [0.5, 0.6) is 0 Å². The molecule has 0 aliphatic heterocycles. The van der Waals surface area contributed by atoms with Crippen LogP contribution in [0.4, 0.5) is 5.69 Å². The van der Waals surface area contributed by atoms with Crippen LogP contribution in [0.3, 0.4) is 0 Å². The number of likely N-dealkylation sites (N-methyl/N-ethyl adjacent to an activating group) is 1. The number of nitrogens with one attached hydrogen (secondary N) is 1. The largest absolute Gasteiger partial charge is 0.357 e. The number of benzene rings is 4. The van der Waals surface area contributed by atoms with Gasteiger partial charge in [0.1, 0.15) is 12.6 Å². The van der Waals surface area contributed by atoms with E-state index in [2.05, 4.69) is 21.2 Å². The van der Waals surface area contributed by atoms with Crippen molar-refractivity contribution in [1.29, 1.82) is 0 Å². The van der Waals surface area contributed by atoms with Crippen molar-refractivity contribution in [1.82, 2.24) is 10.2 Å². The summed E-state index contributed by atoms with van der Waals surface area (Å²) in [5, 5.41) is 2.85. The van der Waals surface area contributed by atoms with Gasteiger partial charge in [-0.1, -0.05) is 99.8 Å². The maximum Gasteiger partial charge on any atom is 0.264 e. The molecule has 2 amide bonds. The lowest BCUT2D eigenvalue weighted by Gasteiger charge is -2.33. The quantitative estimate of drug-likeness (QED) is 0.213. The van der Waals surface area contributed by atoms with Crippen molar-refractivity contribution in [3.8, 4) is 0 Å². The van der Waals surface area contributed by atoms with Crippen LogP contribution in [-0.4, -0.2) is 44.8 Å². The molecule has 1 atom stereocenters. The van der Waals surface area contributed by atoms with Crippen molar-refractivity contribution in [2.75, 3.05) is 17.9 Å². The van der Waals surface area contributed by atoms with Gasteiger partial charge in [0, 0.05) is 24.5 Å². The van der Waals surface area contributed by atoms with Gasteiger partial charge in [0.2, 0.25) is 11.8 Å². The van der Waals surface area contributed by atoms with E-state index in [9.17, 15) is 18.0 Å². The lowest BCUT2D eigenvalue weighted by Crippen LogP contribution is -2.53. The molecule has 4 aromatic carbocycles. The van der Waals surface area contributed by atoms with E-state index in [1.165, 1.54) is 24.1 Å². The summed E-state index contributed by atoms with van der Waals surface area (Å²) < 4.78 is 29.9. The summed E-state index contributed by atoms with van der Waals surface area (Å²) in [7, 11) is -2.70. The summed E-state index contributed by atoms with van der Waals surface area (Å²) in [5.41, 5.74) is 2.68. The number of carbonyl (C=O) groups is 2. The van der Waals surface area contributed by atoms with Gasteiger partial charge >= 0.3 is 0 Å². The molecule has 0 aliphatic carbocycles. The van der Waals surface area contributed by atoms with E-state index in [0.29, 0.717) is 0 Å². The molecule has 0 saturated carbocycles. The number of rotatable bonds is 11. The number of amides is 2. The predicted molar refractivity (Wildman–Crippen MR) is 170 cm³/mol. The summed E-state index contributed by atoms with van der Waals surface area (Å²) in [6, 6.07) is 28.7. The van der Waals surface area contributed by atoms with E-state index in [0.717, 1.165) is 25.5 Å². The predicted octanol–water partition coefficient (Wildman–Crippen LogP) is 5.99. The fraction of sp³-hybridized carbons (Fsp3) is 0.188. The number of aryl methyl sites for hydroxylation is 1. The van der Waals surface area contributed by atoms with Crippen molar-refractivity contribution >= 4 is 55.1 Å². The Kier molecular flexibility index (Phi) is 10.4. The van der Waals surface area contributed by atoms with E-state index >= 15 is 0 Å². The molecule has 0 saturated heterocycles. The summed E-state index contributed by atoms with van der Waals surface area (Å²) in [5.74, 6) is -0.928. The third-order valence-corrected chi connectivity index (χ3v) is 9.36. The summed E-state index contributed by atoms with van der Waals surface area (Å²) in [6.07, 6.45) is 0.233. The van der Waals surface area contributed by atoms with E-state index < -0.39 is 28.5 Å². The molecule has 4 aromatic rings. The normalized spacial score (nSPS) is 11.9. The molecular weight excluding hydrogens is 638 g/mol. The molecule has 0 radical (unpaired) electrons. The Morgan fingerprint density at radius 2 is 1.52 bits per heavy atom. The molecule has 7 nitrogen and oxygen atoms in total. The smallest absolute Gasteiger partial charge is 0.264 e. The molecule has 0 heterocycles. The number of nitrogens with zero attached hydrogens (tertiary/aromatic N) is 2. The molecule has 42 heavy (non-hydrogen) atoms. The first-order valence-electron chi connectivity index (χ1n) is 13.2. The summed E-state index contributed by atoms with van der Waals surface area (Å²) >= 11 is 9.96. The topological polar surface area (TPSA) is 86.8 Å². The van der Waals surface area contributed by atoms with Crippen molar-refractivity contribution < 1.29 is 18.0 Å². The van der Waals surface area contributed by atoms with Crippen LogP contribution in [0.25, 0.3) is 0 Å². The van der Waals surface area contributed by atoms with Crippen molar-refractivity contribution in [2.45, 2.75) is 30.8 Å². The second kappa shape index (κ2) is 14.0. The van der Waals surface area contributed by atoms with Crippen LogP contribution in [0, 0.1) is 6.92 Å². The SMILES string of the molecule is CNC(=O)[C@H](Cc1ccccc1)N(Cc1cccc(Br)c1)C(=O)CN(c1ccccc1Cl)S(=O)(=O)c1ccc(C)cc1. The van der Waals surface area contributed by atoms with Crippen LogP contribution >= 0.6 is 27.5 Å². The Hall–Kier alpha value is -3.66. The zero-order chi connectivity index (χ0) is 30.3. The second-order valence-corrected chi connectivity index (χ2v) is 12.9. The Labute approximate surface area is 260 Å². The number of carbonyl (C=O) groups excluding carboxylic acids is 2. The minimum atomic E-state index is -4.22. The first kappa shape index (κ1) is 31.3. The highest BCUT2D eigenvalue weighted by Crippen LogP contribution is 2.31.